The van der Waals surface area contributed by atoms with Crippen molar-refractivity contribution in [3.8, 4) is 0 Å². The molecular formula is C14H21N3O3S. The van der Waals surface area contributed by atoms with Gasteiger partial charge in [0.15, 0.2) is 5.13 Å². The van der Waals surface area contributed by atoms with Gasteiger partial charge in [-0.3, -0.25) is 10.1 Å². The Labute approximate surface area is 128 Å². The second-order valence-electron chi connectivity index (χ2n) is 4.92. The van der Waals surface area contributed by atoms with E-state index in [1.165, 1.54) is 35.5 Å². The molecule has 0 aliphatic heterocycles. The first-order valence-electron chi connectivity index (χ1n) is 7.38. The maximum absolute atomic E-state index is 11.7. The predicted molar refractivity (Wildman–Crippen MR) is 81.6 cm³/mol. The van der Waals surface area contributed by atoms with Crippen LogP contribution in [0.1, 0.15) is 43.2 Å². The van der Waals surface area contributed by atoms with Gasteiger partial charge in [-0.1, -0.05) is 12.8 Å². The predicted octanol–water partition coefficient (Wildman–Crippen LogP) is 2.49. The van der Waals surface area contributed by atoms with E-state index in [2.05, 4.69) is 15.6 Å². The molecule has 1 aliphatic rings. The third-order valence-electron chi connectivity index (χ3n) is 3.26. The summed E-state index contributed by atoms with van der Waals surface area (Å²) in [5.74, 6) is -0.445. The summed E-state index contributed by atoms with van der Waals surface area (Å²) < 4.78 is 4.74. The summed E-state index contributed by atoms with van der Waals surface area (Å²) in [5.41, 5.74) is 1.11. The molecule has 2 rings (SSSR count). The van der Waals surface area contributed by atoms with Gasteiger partial charge < -0.3 is 10.1 Å². The minimum atomic E-state index is -0.445. The van der Waals surface area contributed by atoms with Crippen LogP contribution in [0.15, 0.2) is 0 Å². The molecule has 0 saturated heterocycles. The maximum atomic E-state index is 11.7. The summed E-state index contributed by atoms with van der Waals surface area (Å²) in [6.07, 6.45) is 6.88. The lowest BCUT2D eigenvalue weighted by atomic mass is 10.0. The van der Waals surface area contributed by atoms with Crippen molar-refractivity contribution in [2.75, 3.05) is 18.5 Å². The van der Waals surface area contributed by atoms with E-state index < -0.39 is 12.0 Å². The summed E-state index contributed by atoms with van der Waals surface area (Å²) in [6, 6.07) is -0.426. The molecule has 7 heteroatoms. The second-order valence-corrected chi connectivity index (χ2v) is 6.00. The Kier molecular flexibility index (Phi) is 5.98. The third kappa shape index (κ3) is 5.00. The summed E-state index contributed by atoms with van der Waals surface area (Å²) in [7, 11) is 0. The molecule has 2 N–H and O–H groups in total. The number of rotatable bonds is 4. The van der Waals surface area contributed by atoms with Gasteiger partial charge in [0.2, 0.25) is 0 Å². The molecule has 1 aromatic rings. The fraction of sp³-hybridized carbons (Fsp3) is 0.643. The Hall–Kier alpha value is -1.63. The van der Waals surface area contributed by atoms with Gasteiger partial charge in [0.05, 0.1) is 12.3 Å². The van der Waals surface area contributed by atoms with E-state index in [1.54, 1.807) is 6.92 Å². The number of ether oxygens (including phenoxy) is 1. The van der Waals surface area contributed by atoms with E-state index in [-0.39, 0.29) is 6.54 Å². The molecule has 0 radical (unpaired) electrons. The number of aryl methyl sites for hydroxylation is 2. The zero-order valence-corrected chi connectivity index (χ0v) is 13.1. The second kappa shape index (κ2) is 7.97. The van der Waals surface area contributed by atoms with E-state index >= 15 is 0 Å². The van der Waals surface area contributed by atoms with Crippen molar-refractivity contribution in [1.82, 2.24) is 10.3 Å². The molecule has 0 atom stereocenters. The van der Waals surface area contributed by atoms with Gasteiger partial charge in [0.1, 0.15) is 6.54 Å². The number of amides is 2. The molecule has 6 nitrogen and oxygen atoms in total. The lowest BCUT2D eigenvalue weighted by Gasteiger charge is -2.06. The Balaban J connectivity index is 1.86. The first-order valence-corrected chi connectivity index (χ1v) is 8.19. The number of nitrogens with one attached hydrogen (secondary N) is 2. The highest BCUT2D eigenvalue weighted by molar-refractivity contribution is 7.15. The van der Waals surface area contributed by atoms with Gasteiger partial charge in [-0.15, -0.1) is 11.3 Å². The zero-order chi connectivity index (χ0) is 15.1. The van der Waals surface area contributed by atoms with Crippen LogP contribution in [-0.2, 0) is 22.4 Å². The van der Waals surface area contributed by atoms with Gasteiger partial charge in [-0.2, -0.15) is 0 Å². The molecule has 21 heavy (non-hydrogen) atoms. The van der Waals surface area contributed by atoms with Crippen molar-refractivity contribution in [2.24, 2.45) is 0 Å². The lowest BCUT2D eigenvalue weighted by Crippen LogP contribution is -2.34. The average molecular weight is 311 g/mol. The monoisotopic (exact) mass is 311 g/mol. The quantitative estimate of drug-likeness (QED) is 0.837. The molecule has 1 aliphatic carbocycles. The number of urea groups is 1. The van der Waals surface area contributed by atoms with Gasteiger partial charge in [0, 0.05) is 4.88 Å². The van der Waals surface area contributed by atoms with Crippen molar-refractivity contribution in [3.63, 3.8) is 0 Å². The summed E-state index contributed by atoms with van der Waals surface area (Å²) in [5, 5.41) is 5.75. The fourth-order valence-electron chi connectivity index (χ4n) is 2.26. The molecule has 0 aromatic carbocycles. The van der Waals surface area contributed by atoms with Crippen LogP contribution in [-0.4, -0.2) is 30.1 Å². The molecule has 0 saturated carbocycles. The van der Waals surface area contributed by atoms with Crippen LogP contribution in [0.25, 0.3) is 0 Å². The molecule has 0 spiro atoms. The van der Waals surface area contributed by atoms with E-state index in [0.717, 1.165) is 25.0 Å². The van der Waals surface area contributed by atoms with Crippen LogP contribution in [0.5, 0.6) is 0 Å². The first kappa shape index (κ1) is 15.8. The summed E-state index contributed by atoms with van der Waals surface area (Å²) >= 11 is 1.53. The SMILES string of the molecule is CCOC(=O)CNC(=O)Nc1nc2c(s1)CCCCCC2. The van der Waals surface area contributed by atoms with E-state index in [0.29, 0.717) is 11.7 Å². The molecule has 2 amide bonds. The smallest absolute Gasteiger partial charge is 0.325 e. The number of carbonyl (C=O) groups is 2. The Morgan fingerprint density at radius 1 is 1.24 bits per heavy atom. The van der Waals surface area contributed by atoms with Gasteiger partial charge >= 0.3 is 12.0 Å². The Morgan fingerprint density at radius 3 is 2.76 bits per heavy atom. The van der Waals surface area contributed by atoms with Crippen LogP contribution < -0.4 is 10.6 Å². The van der Waals surface area contributed by atoms with E-state index in [4.69, 9.17) is 4.74 Å². The molecule has 0 unspecified atom stereocenters. The van der Waals surface area contributed by atoms with Crippen LogP contribution in [0.2, 0.25) is 0 Å². The van der Waals surface area contributed by atoms with Crippen molar-refractivity contribution < 1.29 is 14.3 Å². The largest absolute Gasteiger partial charge is 0.465 e. The first-order chi connectivity index (χ1) is 10.2. The topological polar surface area (TPSA) is 80.3 Å². The van der Waals surface area contributed by atoms with Crippen LogP contribution in [0.4, 0.5) is 9.93 Å². The highest BCUT2D eigenvalue weighted by Crippen LogP contribution is 2.28. The number of fused-ring (bicyclic) bond motifs is 1. The van der Waals surface area contributed by atoms with E-state index in [1.807, 2.05) is 0 Å². The van der Waals surface area contributed by atoms with Gasteiger partial charge in [-0.25, -0.2) is 9.78 Å². The molecule has 116 valence electrons. The van der Waals surface area contributed by atoms with Crippen molar-refractivity contribution in [3.05, 3.63) is 10.6 Å². The maximum Gasteiger partial charge on any atom is 0.325 e. The van der Waals surface area contributed by atoms with Crippen molar-refractivity contribution >= 4 is 28.5 Å². The zero-order valence-electron chi connectivity index (χ0n) is 12.2. The fourth-order valence-corrected chi connectivity index (χ4v) is 3.31. The molecule has 1 heterocycles. The van der Waals surface area contributed by atoms with Crippen molar-refractivity contribution in [2.45, 2.75) is 45.4 Å². The molecule has 1 aromatic heterocycles. The van der Waals surface area contributed by atoms with Crippen LogP contribution in [0.3, 0.4) is 0 Å². The number of hydrogen-bond donors (Lipinski definition) is 2. The Bertz CT molecular complexity index is 476. The highest BCUT2D eigenvalue weighted by atomic mass is 32.1. The Morgan fingerprint density at radius 2 is 2.00 bits per heavy atom. The minimum Gasteiger partial charge on any atom is -0.465 e. The number of nitrogens with zero attached hydrogens (tertiary/aromatic N) is 1. The third-order valence-corrected chi connectivity index (χ3v) is 4.34. The highest BCUT2D eigenvalue weighted by Gasteiger charge is 2.15. The minimum absolute atomic E-state index is 0.134. The number of aromatic nitrogens is 1. The molecule has 0 fully saturated rings. The number of anilines is 1. The normalized spacial score (nSPS) is 14.5. The number of carbonyl (C=O) groups excluding carboxylic acids is 2. The van der Waals surface area contributed by atoms with Gasteiger partial charge in [-0.05, 0) is 32.6 Å². The standard InChI is InChI=1S/C14H21N3O3S/c1-2-20-12(18)9-15-13(19)17-14-16-10-7-5-3-4-6-8-11(10)21-14/h2-9H2,1H3,(H2,15,16,17,19). The lowest BCUT2D eigenvalue weighted by molar-refractivity contribution is -0.141. The average Bonchev–Trinajstić information content (AvgIpc) is 2.78. The summed E-state index contributed by atoms with van der Waals surface area (Å²) in [4.78, 5) is 28.6. The van der Waals surface area contributed by atoms with Crippen molar-refractivity contribution in [1.29, 1.82) is 0 Å². The number of thiazole rings is 1. The van der Waals surface area contributed by atoms with Gasteiger partial charge in [0.25, 0.3) is 0 Å². The van der Waals surface area contributed by atoms with E-state index in [9.17, 15) is 9.59 Å². The van der Waals surface area contributed by atoms with Crippen LogP contribution in [0, 0.1) is 0 Å². The molecule has 0 bridgehead atoms. The van der Waals surface area contributed by atoms with Crippen LogP contribution >= 0.6 is 11.3 Å². The molecular weight excluding hydrogens is 290 g/mol. The number of hydrogen-bond acceptors (Lipinski definition) is 5. The summed E-state index contributed by atoms with van der Waals surface area (Å²) in [6.45, 7) is 1.90. The number of esters is 1.